The molecule has 3 nitrogen and oxygen atoms in total. The third-order valence-electron chi connectivity index (χ3n) is 0.994. The molecular weight excluding hydrogens is 215 g/mol. The Morgan fingerprint density at radius 3 is 2.14 bits per heavy atom. The Balaban J connectivity index is 4.13. The molecule has 0 rings (SSSR count). The van der Waals surface area contributed by atoms with E-state index < -0.39 is 37.4 Å². The van der Waals surface area contributed by atoms with Gasteiger partial charge in [-0.2, -0.15) is 8.78 Å². The van der Waals surface area contributed by atoms with Gasteiger partial charge in [0.2, 0.25) is 6.43 Å². The Bertz CT molecular complexity index is 228. The molecule has 0 bridgehead atoms. The van der Waals surface area contributed by atoms with Gasteiger partial charge in [-0.3, -0.25) is 4.79 Å². The summed E-state index contributed by atoms with van der Waals surface area (Å²) in [5, 5.41) is 0. The summed E-state index contributed by atoms with van der Waals surface area (Å²) in [6.07, 6.45) is -4.61. The molecule has 0 fully saturated rings. The van der Waals surface area contributed by atoms with Gasteiger partial charge < -0.3 is 4.74 Å². The highest BCUT2D eigenvalue weighted by atomic mass is 19.3. The maximum absolute atomic E-state index is 12.1. The normalized spacial score (nSPS) is 11.6. The number of hydrogen-bond donors (Lipinski definition) is 0. The van der Waals surface area contributed by atoms with E-state index in [4.69, 9.17) is 0 Å². The van der Waals surface area contributed by atoms with Crippen LogP contribution in [0.4, 0.5) is 22.0 Å². The van der Waals surface area contributed by atoms with Gasteiger partial charge in [-0.15, -0.1) is 0 Å². The number of alkyl halides is 5. The van der Waals surface area contributed by atoms with Crippen molar-refractivity contribution >= 4 is 11.9 Å². The lowest BCUT2D eigenvalue weighted by Gasteiger charge is -2.09. The van der Waals surface area contributed by atoms with Crippen LogP contribution in [0, 0.1) is 0 Å². The fourth-order valence-electron chi connectivity index (χ4n) is 0.400. The molecule has 0 radical (unpaired) electrons. The molecule has 0 aromatic rings. The van der Waals surface area contributed by atoms with E-state index in [2.05, 4.69) is 4.74 Å². The second kappa shape index (κ2) is 4.87. The van der Waals surface area contributed by atoms with Crippen LogP contribution in [0.5, 0.6) is 0 Å². The Morgan fingerprint density at radius 1 is 1.29 bits per heavy atom. The van der Waals surface area contributed by atoms with Gasteiger partial charge in [0.05, 0.1) is 0 Å². The van der Waals surface area contributed by atoms with E-state index in [-0.39, 0.29) is 0 Å². The van der Waals surface area contributed by atoms with E-state index in [1.165, 1.54) is 0 Å². The molecule has 0 heterocycles. The zero-order valence-electron chi connectivity index (χ0n) is 6.61. The first kappa shape index (κ1) is 12.8. The highest BCUT2D eigenvalue weighted by molar-refractivity contribution is 5.89. The van der Waals surface area contributed by atoms with Crippen molar-refractivity contribution in [2.45, 2.75) is 18.8 Å². The maximum Gasteiger partial charge on any atom is 0.387 e. The largest absolute Gasteiger partial charge is 0.388 e. The van der Waals surface area contributed by atoms with Crippen LogP contribution < -0.4 is 0 Å². The van der Waals surface area contributed by atoms with Gasteiger partial charge in [0.15, 0.2) is 6.67 Å². The molecule has 0 saturated carbocycles. The summed E-state index contributed by atoms with van der Waals surface area (Å²) in [4.78, 5) is 20.5. The van der Waals surface area contributed by atoms with E-state index in [9.17, 15) is 31.5 Å². The third kappa shape index (κ3) is 4.15. The molecule has 0 aliphatic carbocycles. The van der Waals surface area contributed by atoms with Gasteiger partial charge in [-0.05, 0) is 0 Å². The van der Waals surface area contributed by atoms with Gasteiger partial charge in [0.25, 0.3) is 0 Å². The molecule has 0 N–H and O–H groups in total. The molecule has 14 heavy (non-hydrogen) atoms. The molecule has 82 valence electrons. The van der Waals surface area contributed by atoms with Crippen molar-refractivity contribution < 1.29 is 36.3 Å². The molecule has 0 aliphatic rings. The molecule has 0 aliphatic heterocycles. The second-order valence-electron chi connectivity index (χ2n) is 2.19. The molecular formula is C6H5F5O3. The quantitative estimate of drug-likeness (QED) is 0.407. The van der Waals surface area contributed by atoms with Crippen molar-refractivity contribution in [3.05, 3.63) is 0 Å². The van der Waals surface area contributed by atoms with Gasteiger partial charge in [-0.25, -0.2) is 18.0 Å². The van der Waals surface area contributed by atoms with Crippen LogP contribution in [-0.4, -0.2) is 31.0 Å². The zero-order valence-corrected chi connectivity index (χ0v) is 6.61. The molecule has 0 atom stereocenters. The smallest absolute Gasteiger partial charge is 0.387 e. The van der Waals surface area contributed by atoms with Gasteiger partial charge in [-0.1, -0.05) is 0 Å². The summed E-state index contributed by atoms with van der Waals surface area (Å²) in [5.74, 6) is -8.76. The summed E-state index contributed by atoms with van der Waals surface area (Å²) >= 11 is 0. The van der Waals surface area contributed by atoms with E-state index in [0.29, 0.717) is 0 Å². The van der Waals surface area contributed by atoms with Gasteiger partial charge >= 0.3 is 17.9 Å². The number of ether oxygens (including phenoxy) is 1. The number of hydrogen-bond acceptors (Lipinski definition) is 3. The van der Waals surface area contributed by atoms with Crippen LogP contribution >= 0.6 is 0 Å². The van der Waals surface area contributed by atoms with E-state index in [1.807, 2.05) is 0 Å². The summed E-state index contributed by atoms with van der Waals surface area (Å²) in [6, 6.07) is 0. The first-order valence-corrected chi connectivity index (χ1v) is 3.26. The van der Waals surface area contributed by atoms with Crippen molar-refractivity contribution in [3.63, 3.8) is 0 Å². The minimum absolute atomic E-state index is 1.49. The first-order valence-electron chi connectivity index (χ1n) is 3.26. The molecule has 0 amide bonds. The standard InChI is InChI=1S/C6H5F5O3/c7-2-6(10,11)5(13)14-4(12)1-3(8)9/h3H,1-2H2. The van der Waals surface area contributed by atoms with Crippen molar-refractivity contribution in [1.82, 2.24) is 0 Å². The second-order valence-corrected chi connectivity index (χ2v) is 2.19. The van der Waals surface area contributed by atoms with Crippen molar-refractivity contribution in [3.8, 4) is 0 Å². The number of rotatable bonds is 4. The average Bonchev–Trinajstić information content (AvgIpc) is 2.02. The lowest BCUT2D eigenvalue weighted by molar-refractivity contribution is -0.181. The van der Waals surface area contributed by atoms with E-state index >= 15 is 0 Å². The Kier molecular flexibility index (Phi) is 4.45. The fraction of sp³-hybridized carbons (Fsp3) is 0.667. The highest BCUT2D eigenvalue weighted by Gasteiger charge is 2.42. The number of halogens is 5. The summed E-state index contributed by atoms with van der Waals surface area (Å²) < 4.78 is 61.7. The van der Waals surface area contributed by atoms with Crippen molar-refractivity contribution in [2.75, 3.05) is 6.67 Å². The van der Waals surface area contributed by atoms with Crippen LogP contribution in [-0.2, 0) is 14.3 Å². The lowest BCUT2D eigenvalue weighted by Crippen LogP contribution is -2.34. The Labute approximate surface area is 74.8 Å². The van der Waals surface area contributed by atoms with Crippen LogP contribution in [0.2, 0.25) is 0 Å². The highest BCUT2D eigenvalue weighted by Crippen LogP contribution is 2.16. The number of carbonyl (C=O) groups is 2. The molecule has 0 spiro atoms. The van der Waals surface area contributed by atoms with E-state index in [0.717, 1.165) is 0 Å². The minimum atomic E-state index is -4.47. The van der Waals surface area contributed by atoms with Gasteiger partial charge in [0.1, 0.15) is 6.42 Å². The van der Waals surface area contributed by atoms with Crippen molar-refractivity contribution in [1.29, 1.82) is 0 Å². The lowest BCUT2D eigenvalue weighted by atomic mass is 10.4. The Morgan fingerprint density at radius 2 is 1.79 bits per heavy atom. The molecule has 0 aromatic heterocycles. The predicted octanol–water partition coefficient (Wildman–Crippen LogP) is 1.32. The summed E-state index contributed by atoms with van der Waals surface area (Å²) in [7, 11) is 0. The molecule has 0 unspecified atom stereocenters. The van der Waals surface area contributed by atoms with Crippen LogP contribution in [0.25, 0.3) is 0 Å². The number of carbonyl (C=O) groups excluding carboxylic acids is 2. The first-order chi connectivity index (χ1) is 6.29. The molecule has 8 heteroatoms. The SMILES string of the molecule is O=C(CC(F)F)OC(=O)C(F)(F)CF. The Hall–Kier alpha value is -1.21. The molecule has 0 saturated heterocycles. The predicted molar refractivity (Wildman–Crippen MR) is 32.6 cm³/mol. The zero-order chi connectivity index (χ0) is 11.4. The summed E-state index contributed by atoms with van der Waals surface area (Å²) in [6.45, 7) is -2.35. The van der Waals surface area contributed by atoms with Crippen LogP contribution in [0.15, 0.2) is 0 Å². The van der Waals surface area contributed by atoms with Gasteiger partial charge in [0, 0.05) is 0 Å². The molecule has 0 aromatic carbocycles. The van der Waals surface area contributed by atoms with E-state index in [1.54, 1.807) is 0 Å². The maximum atomic E-state index is 12.1. The summed E-state index contributed by atoms with van der Waals surface area (Å²) in [5.41, 5.74) is 0. The fourth-order valence-corrected chi connectivity index (χ4v) is 0.400. The monoisotopic (exact) mass is 220 g/mol. The van der Waals surface area contributed by atoms with Crippen LogP contribution in [0.1, 0.15) is 6.42 Å². The van der Waals surface area contributed by atoms with Crippen molar-refractivity contribution in [2.24, 2.45) is 0 Å². The minimum Gasteiger partial charge on any atom is -0.388 e. The average molecular weight is 220 g/mol. The van der Waals surface area contributed by atoms with Crippen LogP contribution in [0.3, 0.4) is 0 Å². The third-order valence-corrected chi connectivity index (χ3v) is 0.994. The number of esters is 2. The topological polar surface area (TPSA) is 43.4 Å².